The molecule has 23 heavy (non-hydrogen) atoms. The molecular weight excluding hydrogens is 290 g/mol. The number of phenols is 1. The van der Waals surface area contributed by atoms with Crippen LogP contribution in [0.3, 0.4) is 0 Å². The first kappa shape index (κ1) is 15.2. The molecule has 1 aliphatic rings. The fourth-order valence-corrected chi connectivity index (χ4v) is 2.60. The Balaban J connectivity index is 2.30. The predicted molar refractivity (Wildman–Crippen MR) is 89.0 cm³/mol. The van der Waals surface area contributed by atoms with Crippen LogP contribution in [0.2, 0.25) is 0 Å². The SMILES string of the molecule is CC(=Nc1ccc(O)c2c1C(=O)c1ccccc1C2=O)C(C)C. The molecule has 0 unspecified atom stereocenters. The monoisotopic (exact) mass is 307 g/mol. The van der Waals surface area contributed by atoms with Gasteiger partial charge in [0.2, 0.25) is 0 Å². The molecule has 0 saturated heterocycles. The maximum atomic E-state index is 12.8. The molecule has 3 rings (SSSR count). The Bertz CT molecular complexity index is 863. The third-order valence-corrected chi connectivity index (χ3v) is 4.16. The minimum Gasteiger partial charge on any atom is -0.507 e. The van der Waals surface area contributed by atoms with Gasteiger partial charge in [-0.25, -0.2) is 0 Å². The second-order valence-corrected chi connectivity index (χ2v) is 5.97. The Morgan fingerprint density at radius 2 is 1.52 bits per heavy atom. The average Bonchev–Trinajstić information content (AvgIpc) is 2.54. The Labute approximate surface area is 134 Å². The van der Waals surface area contributed by atoms with Crippen LogP contribution in [0.25, 0.3) is 0 Å². The van der Waals surface area contributed by atoms with E-state index in [0.717, 1.165) is 5.71 Å². The van der Waals surface area contributed by atoms with E-state index >= 15 is 0 Å². The molecule has 0 aliphatic heterocycles. The summed E-state index contributed by atoms with van der Waals surface area (Å²) in [6.45, 7) is 5.90. The molecule has 0 saturated carbocycles. The first-order valence-electron chi connectivity index (χ1n) is 7.51. The van der Waals surface area contributed by atoms with E-state index in [1.54, 1.807) is 30.3 Å². The fraction of sp³-hybridized carbons (Fsp3) is 0.211. The second kappa shape index (κ2) is 5.47. The average molecular weight is 307 g/mol. The fourth-order valence-electron chi connectivity index (χ4n) is 2.60. The first-order chi connectivity index (χ1) is 10.9. The van der Waals surface area contributed by atoms with Crippen LogP contribution in [0.15, 0.2) is 41.4 Å². The van der Waals surface area contributed by atoms with Crippen molar-refractivity contribution in [2.75, 3.05) is 0 Å². The Morgan fingerprint density at radius 3 is 2.09 bits per heavy atom. The Hall–Kier alpha value is -2.75. The van der Waals surface area contributed by atoms with Crippen molar-refractivity contribution >= 4 is 23.0 Å². The number of ketones is 2. The highest BCUT2D eigenvalue weighted by Gasteiger charge is 2.33. The number of aliphatic imine (C=N–C) groups is 1. The van der Waals surface area contributed by atoms with Crippen LogP contribution in [-0.2, 0) is 0 Å². The van der Waals surface area contributed by atoms with Gasteiger partial charge < -0.3 is 5.11 Å². The van der Waals surface area contributed by atoms with Crippen LogP contribution in [0.5, 0.6) is 5.75 Å². The molecule has 0 atom stereocenters. The minimum absolute atomic E-state index is 0.0477. The zero-order chi connectivity index (χ0) is 16.7. The van der Waals surface area contributed by atoms with Gasteiger partial charge in [0, 0.05) is 16.8 Å². The molecule has 0 fully saturated rings. The highest BCUT2D eigenvalue weighted by atomic mass is 16.3. The van der Waals surface area contributed by atoms with Crippen molar-refractivity contribution in [2.45, 2.75) is 20.8 Å². The Kier molecular flexibility index (Phi) is 3.60. The maximum Gasteiger partial charge on any atom is 0.198 e. The molecule has 2 aromatic rings. The number of aromatic hydroxyl groups is 1. The topological polar surface area (TPSA) is 66.7 Å². The smallest absolute Gasteiger partial charge is 0.198 e. The quantitative estimate of drug-likeness (QED) is 0.730. The molecule has 0 bridgehead atoms. The summed E-state index contributed by atoms with van der Waals surface area (Å²) in [6, 6.07) is 9.67. The highest BCUT2D eigenvalue weighted by molar-refractivity contribution is 6.31. The molecule has 1 N–H and O–H groups in total. The van der Waals surface area contributed by atoms with Crippen molar-refractivity contribution in [3.05, 3.63) is 58.7 Å². The van der Waals surface area contributed by atoms with Crippen molar-refractivity contribution in [1.29, 1.82) is 0 Å². The third kappa shape index (κ3) is 2.36. The van der Waals surface area contributed by atoms with Gasteiger partial charge in [0.25, 0.3) is 0 Å². The lowest BCUT2D eigenvalue weighted by Crippen LogP contribution is -2.21. The number of hydrogen-bond acceptors (Lipinski definition) is 4. The molecule has 0 radical (unpaired) electrons. The van der Waals surface area contributed by atoms with Gasteiger partial charge in [-0.15, -0.1) is 0 Å². The summed E-state index contributed by atoms with van der Waals surface area (Å²) in [5.41, 5.74) is 2.20. The lowest BCUT2D eigenvalue weighted by atomic mass is 9.82. The molecule has 0 spiro atoms. The number of nitrogens with zero attached hydrogens (tertiary/aromatic N) is 1. The molecule has 2 aromatic carbocycles. The van der Waals surface area contributed by atoms with Gasteiger partial charge in [0.05, 0.1) is 16.8 Å². The number of fused-ring (bicyclic) bond motifs is 2. The Morgan fingerprint density at radius 1 is 0.957 bits per heavy atom. The van der Waals surface area contributed by atoms with E-state index in [1.165, 1.54) is 6.07 Å². The normalized spacial score (nSPS) is 14.0. The molecule has 116 valence electrons. The molecule has 0 amide bonds. The summed E-state index contributed by atoms with van der Waals surface area (Å²) >= 11 is 0. The van der Waals surface area contributed by atoms with E-state index in [2.05, 4.69) is 4.99 Å². The van der Waals surface area contributed by atoms with Gasteiger partial charge in [-0.2, -0.15) is 0 Å². The minimum atomic E-state index is -0.341. The first-order valence-corrected chi connectivity index (χ1v) is 7.51. The van der Waals surface area contributed by atoms with E-state index in [-0.39, 0.29) is 34.4 Å². The molecular formula is C19H17NO3. The van der Waals surface area contributed by atoms with Crippen molar-refractivity contribution in [3.63, 3.8) is 0 Å². The van der Waals surface area contributed by atoms with Crippen molar-refractivity contribution in [2.24, 2.45) is 10.9 Å². The van der Waals surface area contributed by atoms with Crippen LogP contribution in [-0.4, -0.2) is 22.4 Å². The number of carbonyl (C=O) groups excluding carboxylic acids is 2. The summed E-state index contributed by atoms with van der Waals surface area (Å²) in [5, 5.41) is 10.1. The summed E-state index contributed by atoms with van der Waals surface area (Å²) in [5.74, 6) is -0.580. The molecule has 4 nitrogen and oxygen atoms in total. The van der Waals surface area contributed by atoms with Gasteiger partial charge in [-0.1, -0.05) is 38.1 Å². The van der Waals surface area contributed by atoms with Crippen LogP contribution >= 0.6 is 0 Å². The number of benzene rings is 2. The van der Waals surface area contributed by atoms with Gasteiger partial charge >= 0.3 is 0 Å². The lowest BCUT2D eigenvalue weighted by Gasteiger charge is -2.20. The third-order valence-electron chi connectivity index (χ3n) is 4.16. The van der Waals surface area contributed by atoms with Gasteiger partial charge in [0.15, 0.2) is 11.6 Å². The highest BCUT2D eigenvalue weighted by Crippen LogP contribution is 2.38. The van der Waals surface area contributed by atoms with E-state index in [9.17, 15) is 14.7 Å². The maximum absolute atomic E-state index is 12.8. The molecule has 1 aliphatic carbocycles. The number of carbonyl (C=O) groups is 2. The standard InChI is InChI=1S/C19H17NO3/c1-10(2)11(3)20-14-8-9-15(21)17-16(14)18(22)12-6-4-5-7-13(12)19(17)23/h4-10,21H,1-3H3. The van der Waals surface area contributed by atoms with Crippen LogP contribution < -0.4 is 0 Å². The summed E-state index contributed by atoms with van der Waals surface area (Å²) in [6.07, 6.45) is 0. The van der Waals surface area contributed by atoms with E-state index in [4.69, 9.17) is 0 Å². The van der Waals surface area contributed by atoms with Crippen LogP contribution in [0, 0.1) is 5.92 Å². The van der Waals surface area contributed by atoms with Crippen molar-refractivity contribution < 1.29 is 14.7 Å². The summed E-state index contributed by atoms with van der Waals surface area (Å²) in [7, 11) is 0. The van der Waals surface area contributed by atoms with E-state index < -0.39 is 0 Å². The predicted octanol–water partition coefficient (Wildman–Crippen LogP) is 3.92. The molecule has 0 heterocycles. The van der Waals surface area contributed by atoms with E-state index in [1.807, 2.05) is 20.8 Å². The van der Waals surface area contributed by atoms with Gasteiger partial charge in [0.1, 0.15) is 5.75 Å². The lowest BCUT2D eigenvalue weighted by molar-refractivity contribution is 0.0977. The van der Waals surface area contributed by atoms with Crippen molar-refractivity contribution in [1.82, 2.24) is 0 Å². The zero-order valence-electron chi connectivity index (χ0n) is 13.3. The van der Waals surface area contributed by atoms with Gasteiger partial charge in [-0.3, -0.25) is 14.6 Å². The van der Waals surface area contributed by atoms with Crippen molar-refractivity contribution in [3.8, 4) is 5.75 Å². The molecule has 4 heteroatoms. The van der Waals surface area contributed by atoms with Crippen LogP contribution in [0.4, 0.5) is 5.69 Å². The number of phenolic OH excluding ortho intramolecular Hbond substituents is 1. The molecule has 0 aromatic heterocycles. The number of hydrogen-bond donors (Lipinski definition) is 1. The zero-order valence-corrected chi connectivity index (χ0v) is 13.3. The van der Waals surface area contributed by atoms with Gasteiger partial charge in [-0.05, 0) is 25.0 Å². The summed E-state index contributed by atoms with van der Waals surface area (Å²) < 4.78 is 0. The largest absolute Gasteiger partial charge is 0.507 e. The second-order valence-electron chi connectivity index (χ2n) is 5.97. The number of rotatable bonds is 2. The van der Waals surface area contributed by atoms with E-state index in [0.29, 0.717) is 16.8 Å². The van der Waals surface area contributed by atoms with Crippen LogP contribution in [0.1, 0.15) is 52.6 Å². The summed E-state index contributed by atoms with van der Waals surface area (Å²) in [4.78, 5) is 30.0.